The van der Waals surface area contributed by atoms with E-state index < -0.39 is 10.0 Å². The molecule has 0 saturated carbocycles. The third kappa shape index (κ3) is 4.38. The van der Waals surface area contributed by atoms with Crippen LogP contribution >= 0.6 is 0 Å². The maximum Gasteiger partial charge on any atom is 0.227 e. The van der Waals surface area contributed by atoms with Gasteiger partial charge in [0, 0.05) is 37.8 Å². The minimum absolute atomic E-state index is 0.0232. The van der Waals surface area contributed by atoms with Gasteiger partial charge in [0.15, 0.2) is 0 Å². The fourth-order valence-electron chi connectivity index (χ4n) is 3.97. The van der Waals surface area contributed by atoms with Gasteiger partial charge in [0.25, 0.3) is 0 Å². The summed E-state index contributed by atoms with van der Waals surface area (Å²) in [6, 6.07) is 7.77. The molecule has 0 aromatic heterocycles. The molecule has 2 aliphatic rings. The summed E-state index contributed by atoms with van der Waals surface area (Å²) in [6.45, 7) is 4.95. The Labute approximate surface area is 167 Å². The Balaban J connectivity index is 1.57. The van der Waals surface area contributed by atoms with Crippen molar-refractivity contribution in [3.8, 4) is 0 Å². The highest BCUT2D eigenvalue weighted by molar-refractivity contribution is 7.89. The van der Waals surface area contributed by atoms with Crippen LogP contribution in [0.5, 0.6) is 0 Å². The van der Waals surface area contributed by atoms with E-state index in [2.05, 4.69) is 12.2 Å². The fourth-order valence-corrected chi connectivity index (χ4v) is 5.10. The lowest BCUT2D eigenvalue weighted by Crippen LogP contribution is -2.48. The molecule has 8 heteroatoms. The second kappa shape index (κ2) is 8.61. The van der Waals surface area contributed by atoms with Crippen LogP contribution in [0, 0.1) is 5.92 Å². The summed E-state index contributed by atoms with van der Waals surface area (Å²) >= 11 is 0. The fraction of sp³-hybridized carbons (Fsp3) is 0.600. The average Bonchev–Trinajstić information content (AvgIpc) is 3.10. The van der Waals surface area contributed by atoms with E-state index in [9.17, 15) is 18.0 Å². The van der Waals surface area contributed by atoms with Gasteiger partial charge in [-0.3, -0.25) is 9.59 Å². The van der Waals surface area contributed by atoms with Crippen molar-refractivity contribution in [2.24, 2.45) is 5.92 Å². The second-order valence-electron chi connectivity index (χ2n) is 7.47. The number of anilines is 1. The standard InChI is InChI=1S/C20H29N3O4S/c1-3-15-7-5-6-8-18(15)23-14-16(13-19(23)24)20(25)21-17-9-11-22(12-10-17)28(26,27)4-2/h5-8,16-17H,3-4,9-14H2,1-2H3,(H,21,25). The quantitative estimate of drug-likeness (QED) is 0.775. The first-order valence-corrected chi connectivity index (χ1v) is 11.6. The van der Waals surface area contributed by atoms with Gasteiger partial charge in [0.2, 0.25) is 21.8 Å². The van der Waals surface area contributed by atoms with Crippen LogP contribution in [-0.4, -0.2) is 56.0 Å². The van der Waals surface area contributed by atoms with Crippen molar-refractivity contribution >= 4 is 27.5 Å². The number of carbonyl (C=O) groups excluding carboxylic acids is 2. The molecule has 1 unspecified atom stereocenters. The van der Waals surface area contributed by atoms with Crippen molar-refractivity contribution in [1.82, 2.24) is 9.62 Å². The molecule has 0 aliphatic carbocycles. The molecule has 2 heterocycles. The summed E-state index contributed by atoms with van der Waals surface area (Å²) in [5, 5.41) is 3.03. The summed E-state index contributed by atoms with van der Waals surface area (Å²) in [7, 11) is -3.17. The largest absolute Gasteiger partial charge is 0.353 e. The highest BCUT2D eigenvalue weighted by atomic mass is 32.2. The van der Waals surface area contributed by atoms with E-state index in [1.165, 1.54) is 4.31 Å². The van der Waals surface area contributed by atoms with Gasteiger partial charge in [-0.05, 0) is 37.8 Å². The normalized spacial score (nSPS) is 21.9. The zero-order valence-corrected chi connectivity index (χ0v) is 17.4. The molecular weight excluding hydrogens is 378 g/mol. The minimum atomic E-state index is -3.17. The molecule has 1 N–H and O–H groups in total. The zero-order valence-electron chi connectivity index (χ0n) is 16.6. The molecule has 1 aromatic rings. The molecule has 0 bridgehead atoms. The predicted molar refractivity (Wildman–Crippen MR) is 108 cm³/mol. The number of para-hydroxylation sites is 1. The number of nitrogens with zero attached hydrogens (tertiary/aromatic N) is 2. The van der Waals surface area contributed by atoms with Crippen molar-refractivity contribution in [2.45, 2.75) is 45.6 Å². The molecule has 1 aromatic carbocycles. The Morgan fingerprint density at radius 3 is 2.50 bits per heavy atom. The van der Waals surface area contributed by atoms with Gasteiger partial charge in [0.1, 0.15) is 0 Å². The van der Waals surface area contributed by atoms with Gasteiger partial charge >= 0.3 is 0 Å². The highest BCUT2D eigenvalue weighted by Crippen LogP contribution is 2.29. The Hall–Kier alpha value is -1.93. The van der Waals surface area contributed by atoms with Crippen LogP contribution in [0.4, 0.5) is 5.69 Å². The van der Waals surface area contributed by atoms with Crippen LogP contribution < -0.4 is 10.2 Å². The SMILES string of the molecule is CCc1ccccc1N1CC(C(=O)NC2CCN(S(=O)(=O)CC)CC2)CC1=O. The van der Waals surface area contributed by atoms with E-state index in [4.69, 9.17) is 0 Å². The van der Waals surface area contributed by atoms with Crippen molar-refractivity contribution in [3.05, 3.63) is 29.8 Å². The number of amides is 2. The molecule has 0 spiro atoms. The van der Waals surface area contributed by atoms with E-state index >= 15 is 0 Å². The van der Waals surface area contributed by atoms with Gasteiger partial charge in [-0.1, -0.05) is 25.1 Å². The number of rotatable bonds is 6. The molecule has 2 aliphatic heterocycles. The molecule has 2 saturated heterocycles. The third-order valence-electron chi connectivity index (χ3n) is 5.72. The molecule has 7 nitrogen and oxygen atoms in total. The van der Waals surface area contributed by atoms with Crippen LogP contribution in [-0.2, 0) is 26.0 Å². The van der Waals surface area contributed by atoms with Gasteiger partial charge in [-0.2, -0.15) is 0 Å². The number of hydrogen-bond acceptors (Lipinski definition) is 4. The van der Waals surface area contributed by atoms with Gasteiger partial charge in [-0.25, -0.2) is 12.7 Å². The lowest BCUT2D eigenvalue weighted by atomic mass is 10.0. The maximum atomic E-state index is 12.7. The Morgan fingerprint density at radius 2 is 1.86 bits per heavy atom. The number of piperidine rings is 1. The first-order chi connectivity index (χ1) is 13.4. The topological polar surface area (TPSA) is 86.8 Å². The summed E-state index contributed by atoms with van der Waals surface area (Å²) < 4.78 is 25.4. The van der Waals surface area contributed by atoms with Crippen molar-refractivity contribution < 1.29 is 18.0 Å². The smallest absolute Gasteiger partial charge is 0.227 e. The van der Waals surface area contributed by atoms with Crippen LogP contribution in [0.25, 0.3) is 0 Å². The number of benzene rings is 1. The van der Waals surface area contributed by atoms with Gasteiger partial charge < -0.3 is 10.2 Å². The average molecular weight is 408 g/mol. The number of carbonyl (C=O) groups is 2. The van der Waals surface area contributed by atoms with Gasteiger partial charge in [0.05, 0.1) is 11.7 Å². The first-order valence-electron chi connectivity index (χ1n) is 10.0. The van der Waals surface area contributed by atoms with Crippen molar-refractivity contribution in [2.75, 3.05) is 30.3 Å². The molecule has 28 heavy (non-hydrogen) atoms. The summed E-state index contributed by atoms with van der Waals surface area (Å²) in [6.07, 6.45) is 2.25. The lowest BCUT2D eigenvalue weighted by molar-refractivity contribution is -0.127. The molecule has 154 valence electrons. The minimum Gasteiger partial charge on any atom is -0.353 e. The molecule has 1 atom stereocenters. The molecule has 0 radical (unpaired) electrons. The van der Waals surface area contributed by atoms with E-state index in [0.717, 1.165) is 17.7 Å². The van der Waals surface area contributed by atoms with E-state index in [1.807, 2.05) is 24.3 Å². The van der Waals surface area contributed by atoms with Crippen molar-refractivity contribution in [1.29, 1.82) is 0 Å². The number of nitrogens with one attached hydrogen (secondary N) is 1. The highest BCUT2D eigenvalue weighted by Gasteiger charge is 2.37. The van der Waals surface area contributed by atoms with E-state index in [-0.39, 0.29) is 35.9 Å². The zero-order chi connectivity index (χ0) is 20.3. The molecule has 2 fully saturated rings. The van der Waals surface area contributed by atoms with E-state index in [0.29, 0.717) is 32.5 Å². The number of aryl methyl sites for hydroxylation is 1. The Kier molecular flexibility index (Phi) is 6.40. The molecular formula is C20H29N3O4S. The monoisotopic (exact) mass is 407 g/mol. The first kappa shape index (κ1) is 20.8. The lowest BCUT2D eigenvalue weighted by Gasteiger charge is -2.31. The van der Waals surface area contributed by atoms with Crippen molar-refractivity contribution in [3.63, 3.8) is 0 Å². The summed E-state index contributed by atoms with van der Waals surface area (Å²) in [4.78, 5) is 26.9. The number of sulfonamides is 1. The van der Waals surface area contributed by atoms with Gasteiger partial charge in [-0.15, -0.1) is 0 Å². The summed E-state index contributed by atoms with van der Waals surface area (Å²) in [5.74, 6) is -0.398. The summed E-state index contributed by atoms with van der Waals surface area (Å²) in [5.41, 5.74) is 1.99. The Bertz CT molecular complexity index is 832. The molecule has 3 rings (SSSR count). The van der Waals surface area contributed by atoms with Crippen LogP contribution in [0.2, 0.25) is 0 Å². The van der Waals surface area contributed by atoms with Crippen LogP contribution in [0.1, 0.15) is 38.7 Å². The van der Waals surface area contributed by atoms with Crippen LogP contribution in [0.15, 0.2) is 24.3 Å². The Morgan fingerprint density at radius 1 is 1.18 bits per heavy atom. The molecule has 2 amide bonds. The second-order valence-corrected chi connectivity index (χ2v) is 9.73. The maximum absolute atomic E-state index is 12.7. The number of hydrogen-bond donors (Lipinski definition) is 1. The van der Waals surface area contributed by atoms with Crippen LogP contribution in [0.3, 0.4) is 0 Å². The third-order valence-corrected chi connectivity index (χ3v) is 7.60. The van der Waals surface area contributed by atoms with E-state index in [1.54, 1.807) is 11.8 Å². The predicted octanol–water partition coefficient (Wildman–Crippen LogP) is 1.53.